The van der Waals surface area contributed by atoms with E-state index in [0.717, 1.165) is 36.0 Å². The normalized spacial score (nSPS) is 19.1. The van der Waals surface area contributed by atoms with Gasteiger partial charge in [-0.3, -0.25) is 9.59 Å². The lowest BCUT2D eigenvalue weighted by Gasteiger charge is -2.36. The number of allylic oxidation sites excluding steroid dienone is 2. The third kappa shape index (κ3) is 4.71. The summed E-state index contributed by atoms with van der Waals surface area (Å²) in [5, 5.41) is 0. The summed E-state index contributed by atoms with van der Waals surface area (Å²) < 4.78 is 10.8. The Morgan fingerprint density at radius 1 is 1.24 bits per heavy atom. The van der Waals surface area contributed by atoms with E-state index in [9.17, 15) is 9.59 Å². The number of nitrogens with one attached hydrogen (secondary N) is 1. The van der Waals surface area contributed by atoms with E-state index >= 15 is 0 Å². The van der Waals surface area contributed by atoms with Crippen molar-refractivity contribution in [1.29, 1.82) is 0 Å². The maximum atomic E-state index is 13.0. The summed E-state index contributed by atoms with van der Waals surface area (Å²) in [4.78, 5) is 33.0. The van der Waals surface area contributed by atoms with Crippen LogP contribution in [0.1, 0.15) is 79.0 Å². The van der Waals surface area contributed by atoms with Crippen LogP contribution < -0.4 is 0 Å². The first-order valence-electron chi connectivity index (χ1n) is 11.8. The molecule has 178 valence electrons. The zero-order chi connectivity index (χ0) is 24.3. The maximum absolute atomic E-state index is 13.0. The van der Waals surface area contributed by atoms with Crippen LogP contribution >= 0.6 is 0 Å². The lowest BCUT2D eigenvalue weighted by molar-refractivity contribution is -0.151. The number of H-pyrrole nitrogens is 1. The van der Waals surface area contributed by atoms with E-state index in [4.69, 9.17) is 15.9 Å². The lowest BCUT2D eigenvalue weighted by Crippen LogP contribution is -2.42. The topological polar surface area (TPSA) is 81.3 Å². The van der Waals surface area contributed by atoms with Gasteiger partial charge in [-0.05, 0) is 59.8 Å². The summed E-state index contributed by atoms with van der Waals surface area (Å²) in [5.74, 6) is 2.37. The van der Waals surface area contributed by atoms with Gasteiger partial charge in [0.1, 0.15) is 5.69 Å². The Hall–Kier alpha value is -3.17. The molecule has 0 unspecified atom stereocenters. The molecule has 2 aromatic rings. The van der Waals surface area contributed by atoms with E-state index in [2.05, 4.69) is 41.9 Å². The van der Waals surface area contributed by atoms with Gasteiger partial charge in [0.25, 0.3) is 0 Å². The molecule has 0 amide bonds. The molecule has 6 heteroatoms. The van der Waals surface area contributed by atoms with Crippen LogP contribution in [0.25, 0.3) is 5.57 Å². The molecular weight excluding hydrogens is 428 g/mol. The largest absolute Gasteiger partial charge is 0.468 e. The van der Waals surface area contributed by atoms with E-state index in [1.54, 1.807) is 0 Å². The summed E-state index contributed by atoms with van der Waals surface area (Å²) in [5.41, 5.74) is 4.10. The van der Waals surface area contributed by atoms with Gasteiger partial charge in [0.2, 0.25) is 5.78 Å². The Morgan fingerprint density at radius 2 is 2.00 bits per heavy atom. The van der Waals surface area contributed by atoms with Crippen LogP contribution in [-0.4, -0.2) is 42.0 Å². The highest BCUT2D eigenvalue weighted by molar-refractivity contribution is 5.95. The number of aromatic amines is 1. The van der Waals surface area contributed by atoms with Crippen molar-refractivity contribution in [2.75, 3.05) is 20.3 Å². The van der Waals surface area contributed by atoms with Crippen LogP contribution in [0.15, 0.2) is 30.5 Å². The Balaban J connectivity index is 1.75. The molecule has 0 bridgehead atoms. The zero-order valence-corrected chi connectivity index (χ0v) is 20.2. The number of Topliss-reactive ketones (excluding diaryl/α,β-unsaturated/α-hetero) is 1. The Morgan fingerprint density at radius 3 is 2.62 bits per heavy atom. The minimum atomic E-state index is -0.735. The maximum Gasteiger partial charge on any atom is 0.316 e. The van der Waals surface area contributed by atoms with Crippen molar-refractivity contribution in [2.24, 2.45) is 5.41 Å². The van der Waals surface area contributed by atoms with Gasteiger partial charge in [0, 0.05) is 19.6 Å². The van der Waals surface area contributed by atoms with Crippen molar-refractivity contribution in [3.8, 4) is 12.3 Å². The average molecular weight is 461 g/mol. The standard InChI is InChI=1S/C28H32N2O4/c1-5-22-18-29-25(30-22)24(31)16-20-6-7-21(28(26(32)33-4)12-14-34-15-13-28)17-23(20)19-8-10-27(2,3)11-9-19/h1,6-8,17-18H,9-16H2,2-4H3,(H,29,30). The van der Waals surface area contributed by atoms with E-state index in [-0.39, 0.29) is 29.4 Å². The molecule has 0 spiro atoms. The predicted octanol–water partition coefficient (Wildman–Crippen LogP) is 4.63. The molecule has 1 saturated heterocycles. The third-order valence-corrected chi connectivity index (χ3v) is 7.25. The Kier molecular flexibility index (Phi) is 6.77. The number of benzene rings is 1. The number of rotatable bonds is 6. The monoisotopic (exact) mass is 460 g/mol. The first-order valence-corrected chi connectivity index (χ1v) is 11.8. The van der Waals surface area contributed by atoms with Crippen LogP contribution in [0.2, 0.25) is 0 Å². The number of hydrogen-bond acceptors (Lipinski definition) is 5. The third-order valence-electron chi connectivity index (χ3n) is 7.25. The molecule has 1 aliphatic heterocycles. The van der Waals surface area contributed by atoms with Gasteiger partial charge in [-0.15, -0.1) is 6.42 Å². The number of ketones is 1. The summed E-state index contributed by atoms with van der Waals surface area (Å²) in [6.07, 6.45) is 13.5. The molecule has 2 heterocycles. The van der Waals surface area contributed by atoms with E-state index < -0.39 is 5.41 Å². The van der Waals surface area contributed by atoms with Crippen molar-refractivity contribution < 1.29 is 19.1 Å². The highest BCUT2D eigenvalue weighted by atomic mass is 16.5. The van der Waals surface area contributed by atoms with Gasteiger partial charge < -0.3 is 14.5 Å². The number of imidazole rings is 1. The molecule has 4 rings (SSSR count). The first kappa shape index (κ1) is 24.0. The van der Waals surface area contributed by atoms with Gasteiger partial charge in [-0.2, -0.15) is 0 Å². The number of nitrogens with zero attached hydrogens (tertiary/aromatic N) is 1. The van der Waals surface area contributed by atoms with Crippen LogP contribution in [0.3, 0.4) is 0 Å². The van der Waals surface area contributed by atoms with Gasteiger partial charge in [-0.1, -0.05) is 44.0 Å². The highest BCUT2D eigenvalue weighted by Crippen LogP contribution is 2.42. The second-order valence-corrected chi connectivity index (χ2v) is 10.0. The van der Waals surface area contributed by atoms with Crippen molar-refractivity contribution in [2.45, 2.75) is 57.8 Å². The molecule has 1 N–H and O–H groups in total. The molecular formula is C28H32N2O4. The molecule has 1 fully saturated rings. The van der Waals surface area contributed by atoms with E-state index in [0.29, 0.717) is 31.7 Å². The second-order valence-electron chi connectivity index (χ2n) is 10.0. The zero-order valence-electron chi connectivity index (χ0n) is 20.2. The fourth-order valence-electron chi connectivity index (χ4n) is 4.97. The summed E-state index contributed by atoms with van der Waals surface area (Å²) >= 11 is 0. The minimum absolute atomic E-state index is 0.124. The minimum Gasteiger partial charge on any atom is -0.468 e. The summed E-state index contributed by atoms with van der Waals surface area (Å²) in [6.45, 7) is 5.57. The van der Waals surface area contributed by atoms with Crippen LogP contribution in [0, 0.1) is 17.8 Å². The summed E-state index contributed by atoms with van der Waals surface area (Å²) in [6, 6.07) is 6.05. The molecule has 2 aliphatic rings. The van der Waals surface area contributed by atoms with Crippen molar-refractivity contribution >= 4 is 17.3 Å². The van der Waals surface area contributed by atoms with Gasteiger partial charge in [0.15, 0.2) is 5.82 Å². The molecule has 0 saturated carbocycles. The number of terminal acetylenes is 1. The number of methoxy groups -OCH3 is 1. The molecule has 0 atom stereocenters. The Labute approximate surface area is 201 Å². The van der Waals surface area contributed by atoms with Crippen molar-refractivity contribution in [1.82, 2.24) is 9.97 Å². The summed E-state index contributed by atoms with van der Waals surface area (Å²) in [7, 11) is 1.44. The van der Waals surface area contributed by atoms with Gasteiger partial charge >= 0.3 is 5.97 Å². The number of ether oxygens (including phenoxy) is 2. The van der Waals surface area contributed by atoms with E-state index in [1.807, 2.05) is 12.1 Å². The lowest BCUT2D eigenvalue weighted by atomic mass is 9.71. The number of aromatic nitrogens is 2. The number of carbonyl (C=O) groups is 2. The fraction of sp³-hybridized carbons (Fsp3) is 0.464. The van der Waals surface area contributed by atoms with Crippen LogP contribution in [0.4, 0.5) is 0 Å². The van der Waals surface area contributed by atoms with Crippen molar-refractivity contribution in [3.05, 3.63) is 58.7 Å². The Bertz CT molecular complexity index is 1160. The second kappa shape index (κ2) is 9.60. The number of esters is 1. The fourth-order valence-corrected chi connectivity index (χ4v) is 4.97. The molecule has 6 nitrogen and oxygen atoms in total. The van der Waals surface area contributed by atoms with Crippen LogP contribution in [-0.2, 0) is 26.1 Å². The molecule has 1 aromatic carbocycles. The molecule has 0 radical (unpaired) electrons. The van der Waals surface area contributed by atoms with Gasteiger partial charge in [0.05, 0.1) is 18.7 Å². The number of hydrogen-bond donors (Lipinski definition) is 1. The SMILES string of the molecule is C#Cc1cnc(C(=O)Cc2ccc(C3(C(=O)OC)CCOCC3)cc2C2=CCC(C)(C)CC2)[nH]1. The van der Waals surface area contributed by atoms with Crippen molar-refractivity contribution in [3.63, 3.8) is 0 Å². The number of carbonyl (C=O) groups excluding carboxylic acids is 2. The van der Waals surface area contributed by atoms with Crippen LogP contribution in [0.5, 0.6) is 0 Å². The molecule has 1 aliphatic carbocycles. The molecule has 1 aromatic heterocycles. The quantitative estimate of drug-likeness (QED) is 0.386. The smallest absolute Gasteiger partial charge is 0.316 e. The first-order chi connectivity index (χ1) is 16.3. The van der Waals surface area contributed by atoms with E-state index in [1.165, 1.54) is 18.9 Å². The molecule has 34 heavy (non-hydrogen) atoms. The van der Waals surface area contributed by atoms with Gasteiger partial charge in [-0.25, -0.2) is 4.98 Å². The highest BCUT2D eigenvalue weighted by Gasteiger charge is 2.43. The average Bonchev–Trinajstić information content (AvgIpc) is 3.34. The predicted molar refractivity (Wildman–Crippen MR) is 130 cm³/mol.